The molecule has 3 unspecified atom stereocenters. The number of hydrogen-bond donors (Lipinski definition) is 2. The minimum atomic E-state index is -0.689. The maximum atomic E-state index is 13.2. The zero-order chi connectivity index (χ0) is 22.0. The number of carboxylic acid groups (broad SMARTS) is 1. The van der Waals surface area contributed by atoms with Crippen LogP contribution in [0.25, 0.3) is 21.9 Å². The first-order chi connectivity index (χ1) is 15.5. The third kappa shape index (κ3) is 2.79. The van der Waals surface area contributed by atoms with E-state index in [1.54, 1.807) is 0 Å². The van der Waals surface area contributed by atoms with Crippen LogP contribution in [0.5, 0.6) is 0 Å². The summed E-state index contributed by atoms with van der Waals surface area (Å²) in [6.45, 7) is 2.52. The lowest BCUT2D eigenvalue weighted by molar-refractivity contribution is -0.148. The van der Waals surface area contributed by atoms with Gasteiger partial charge in [0.2, 0.25) is 0 Å². The molecule has 0 saturated heterocycles. The van der Waals surface area contributed by atoms with Gasteiger partial charge in [0.1, 0.15) is 11.3 Å². The molecule has 2 N–H and O–H groups in total. The second-order valence-electron chi connectivity index (χ2n) is 9.34. The first-order valence-electron chi connectivity index (χ1n) is 11.1. The first kappa shape index (κ1) is 19.2. The average Bonchev–Trinajstić information content (AvgIpc) is 3.08. The normalized spacial score (nSPS) is 24.7. The maximum Gasteiger partial charge on any atom is 0.309 e. The number of amides is 1. The van der Waals surface area contributed by atoms with Crippen molar-refractivity contribution in [1.29, 1.82) is 0 Å². The Morgan fingerprint density at radius 3 is 2.72 bits per heavy atom. The van der Waals surface area contributed by atoms with Crippen LogP contribution < -0.4 is 5.32 Å². The lowest BCUT2D eigenvalue weighted by Crippen LogP contribution is -2.46. The Hall–Kier alpha value is -3.54. The van der Waals surface area contributed by atoms with Gasteiger partial charge in [-0.1, -0.05) is 30.3 Å². The van der Waals surface area contributed by atoms with Crippen LogP contribution in [-0.2, 0) is 11.3 Å². The number of carboxylic acids is 1. The molecule has 4 atom stereocenters. The molecule has 1 amide bonds. The van der Waals surface area contributed by atoms with Gasteiger partial charge in [-0.05, 0) is 55.9 Å². The Kier molecular flexibility index (Phi) is 4.03. The molecule has 0 bridgehead atoms. The fourth-order valence-corrected chi connectivity index (χ4v) is 5.64. The molecule has 2 aliphatic rings. The molecule has 6 nitrogen and oxygen atoms in total. The number of nitrogens with zero attached hydrogens (tertiary/aromatic N) is 1. The Bertz CT molecular complexity index is 1350. The number of fused-ring (bicyclic) bond motifs is 3. The summed E-state index contributed by atoms with van der Waals surface area (Å²) in [6.07, 6.45) is 3.37. The van der Waals surface area contributed by atoms with E-state index in [9.17, 15) is 14.7 Å². The van der Waals surface area contributed by atoms with Gasteiger partial charge in [-0.25, -0.2) is 0 Å². The number of para-hydroxylation sites is 2. The van der Waals surface area contributed by atoms with E-state index < -0.39 is 11.4 Å². The Labute approximate surface area is 184 Å². The van der Waals surface area contributed by atoms with E-state index in [1.807, 2.05) is 72.3 Å². The van der Waals surface area contributed by atoms with E-state index in [2.05, 4.69) is 5.32 Å². The van der Waals surface area contributed by atoms with Crippen molar-refractivity contribution in [3.05, 3.63) is 72.1 Å². The molecule has 162 valence electrons. The largest absolute Gasteiger partial charge is 0.481 e. The number of nitrogens with one attached hydrogen (secondary N) is 1. The maximum absolute atomic E-state index is 13.2. The van der Waals surface area contributed by atoms with Crippen molar-refractivity contribution in [3.63, 3.8) is 0 Å². The van der Waals surface area contributed by atoms with Crippen molar-refractivity contribution >= 4 is 33.7 Å². The zero-order valence-electron chi connectivity index (χ0n) is 17.7. The summed E-state index contributed by atoms with van der Waals surface area (Å²) in [5.41, 5.74) is 1.83. The van der Waals surface area contributed by atoms with Crippen molar-refractivity contribution in [2.75, 3.05) is 0 Å². The van der Waals surface area contributed by atoms with E-state index in [4.69, 9.17) is 4.42 Å². The number of carbonyl (C=O) groups excluding carboxylic acids is 1. The van der Waals surface area contributed by atoms with Crippen LogP contribution >= 0.6 is 0 Å². The second-order valence-corrected chi connectivity index (χ2v) is 9.34. The van der Waals surface area contributed by atoms with Crippen LogP contribution in [0.2, 0.25) is 0 Å². The minimum absolute atomic E-state index is 0.0588. The number of benzene rings is 2. The van der Waals surface area contributed by atoms with Crippen LogP contribution in [0, 0.1) is 17.3 Å². The highest BCUT2D eigenvalue weighted by molar-refractivity contribution is 6.06. The predicted molar refractivity (Wildman–Crippen MR) is 120 cm³/mol. The van der Waals surface area contributed by atoms with Crippen LogP contribution in [0.15, 0.2) is 65.2 Å². The van der Waals surface area contributed by atoms with Gasteiger partial charge in [-0.3, -0.25) is 9.59 Å². The molecule has 0 radical (unpaired) electrons. The first-order valence-corrected chi connectivity index (χ1v) is 11.1. The number of rotatable bonds is 6. The monoisotopic (exact) mass is 428 g/mol. The van der Waals surface area contributed by atoms with Crippen molar-refractivity contribution < 1.29 is 19.1 Å². The summed E-state index contributed by atoms with van der Waals surface area (Å²) in [6, 6.07) is 17.6. The Morgan fingerprint density at radius 2 is 1.97 bits per heavy atom. The predicted octanol–water partition coefficient (Wildman–Crippen LogP) is 4.66. The Morgan fingerprint density at radius 1 is 1.16 bits per heavy atom. The van der Waals surface area contributed by atoms with Crippen molar-refractivity contribution in [3.8, 4) is 0 Å². The Balaban J connectivity index is 1.25. The highest BCUT2D eigenvalue weighted by atomic mass is 16.4. The van der Waals surface area contributed by atoms with Crippen LogP contribution in [-0.4, -0.2) is 27.6 Å². The molecule has 2 saturated carbocycles. The third-order valence-corrected chi connectivity index (χ3v) is 7.51. The van der Waals surface area contributed by atoms with E-state index in [-0.39, 0.29) is 23.8 Å². The molecule has 2 fully saturated rings. The number of furan rings is 1. The van der Waals surface area contributed by atoms with Crippen LogP contribution in [0.1, 0.15) is 35.9 Å². The number of hydrogen-bond acceptors (Lipinski definition) is 3. The molecular formula is C26H24N2O4. The molecule has 2 aromatic heterocycles. The summed E-state index contributed by atoms with van der Waals surface area (Å²) >= 11 is 0. The molecule has 6 rings (SSSR count). The molecule has 2 heterocycles. The van der Waals surface area contributed by atoms with Crippen LogP contribution in [0.3, 0.4) is 0 Å². The number of aromatic nitrogens is 1. The summed E-state index contributed by atoms with van der Waals surface area (Å²) in [7, 11) is 0. The average molecular weight is 428 g/mol. The van der Waals surface area contributed by atoms with E-state index in [1.165, 1.54) is 0 Å². The third-order valence-electron chi connectivity index (χ3n) is 7.51. The summed E-state index contributed by atoms with van der Waals surface area (Å²) < 4.78 is 8.03. The molecule has 0 aliphatic heterocycles. The standard InChI is InChI=1S/C26H24N2O4/c1-15(20-12-26(25(30)31)13-21(20)26)27-24(29)19-7-4-6-16-9-10-28(23(16)19)14-18-11-17-5-2-3-8-22(17)32-18/h2-11,15,20-21H,12-14H2,1H3,(H,27,29)(H,30,31)/t15-,20?,21?,26?/m0/s1. The summed E-state index contributed by atoms with van der Waals surface area (Å²) in [4.78, 5) is 24.6. The van der Waals surface area contributed by atoms with E-state index >= 15 is 0 Å². The van der Waals surface area contributed by atoms with Gasteiger partial charge in [-0.2, -0.15) is 0 Å². The molecule has 2 aromatic carbocycles. The lowest BCUT2D eigenvalue weighted by atomic mass is 9.71. The van der Waals surface area contributed by atoms with Crippen molar-refractivity contribution in [2.45, 2.75) is 32.4 Å². The molecule has 4 aromatic rings. The molecular weight excluding hydrogens is 404 g/mol. The van der Waals surface area contributed by atoms with Crippen molar-refractivity contribution in [2.24, 2.45) is 17.3 Å². The minimum Gasteiger partial charge on any atom is -0.481 e. The quantitative estimate of drug-likeness (QED) is 0.468. The summed E-state index contributed by atoms with van der Waals surface area (Å²) in [5.74, 6) is 0.451. The number of carbonyl (C=O) groups is 2. The van der Waals surface area contributed by atoms with E-state index in [0.29, 0.717) is 18.5 Å². The topological polar surface area (TPSA) is 84.5 Å². The highest BCUT2D eigenvalue weighted by Crippen LogP contribution is 2.71. The van der Waals surface area contributed by atoms with Gasteiger partial charge in [0.15, 0.2) is 0 Å². The van der Waals surface area contributed by atoms with Gasteiger partial charge in [-0.15, -0.1) is 0 Å². The molecule has 32 heavy (non-hydrogen) atoms. The molecule has 0 spiro atoms. The smallest absolute Gasteiger partial charge is 0.309 e. The zero-order valence-corrected chi connectivity index (χ0v) is 17.7. The highest BCUT2D eigenvalue weighted by Gasteiger charge is 2.72. The fraction of sp³-hybridized carbons (Fsp3) is 0.308. The number of aliphatic carboxylic acids is 1. The molecule has 2 aliphatic carbocycles. The fourth-order valence-electron chi connectivity index (χ4n) is 5.64. The van der Waals surface area contributed by atoms with Crippen molar-refractivity contribution in [1.82, 2.24) is 9.88 Å². The summed E-state index contributed by atoms with van der Waals surface area (Å²) in [5, 5.41) is 14.6. The van der Waals surface area contributed by atoms with Gasteiger partial charge >= 0.3 is 5.97 Å². The van der Waals surface area contributed by atoms with Crippen LogP contribution in [0.4, 0.5) is 0 Å². The second kappa shape index (κ2) is 6.73. The van der Waals surface area contributed by atoms with Gasteiger partial charge in [0.25, 0.3) is 5.91 Å². The molecule has 6 heteroatoms. The lowest BCUT2D eigenvalue weighted by Gasteiger charge is -2.36. The van der Waals surface area contributed by atoms with Gasteiger partial charge in [0.05, 0.1) is 23.0 Å². The van der Waals surface area contributed by atoms with E-state index in [0.717, 1.165) is 34.1 Å². The van der Waals surface area contributed by atoms with Gasteiger partial charge in [0, 0.05) is 23.0 Å². The SMILES string of the molecule is C[C@H](NC(=O)c1cccc2ccn(Cc3cc4ccccc4o3)c12)C1CC2(C(=O)O)CC12. The van der Waals surface area contributed by atoms with Gasteiger partial charge < -0.3 is 19.4 Å².